The number of nitrogens with zero attached hydrogens (tertiary/aromatic N) is 1. The summed E-state index contributed by atoms with van der Waals surface area (Å²) in [5.41, 5.74) is -0.203. The summed E-state index contributed by atoms with van der Waals surface area (Å²) in [5, 5.41) is 9.26. The second-order valence-corrected chi connectivity index (χ2v) is 5.95. The Hall–Kier alpha value is -1.36. The molecule has 1 N–H and O–H groups in total. The molecule has 0 unspecified atom stereocenters. The molecule has 19 heavy (non-hydrogen) atoms. The van der Waals surface area contributed by atoms with Gasteiger partial charge in [-0.25, -0.2) is 0 Å². The van der Waals surface area contributed by atoms with E-state index < -0.39 is 11.4 Å². The van der Waals surface area contributed by atoms with E-state index >= 15 is 0 Å². The van der Waals surface area contributed by atoms with E-state index in [2.05, 4.69) is 15.9 Å². The van der Waals surface area contributed by atoms with Crippen LogP contribution in [0.1, 0.15) is 24.8 Å². The SMILES string of the molecule is CN(Cc1cccc(Br)c1)C(=O)C1(C(=O)O)CCC1. The van der Waals surface area contributed by atoms with Gasteiger partial charge >= 0.3 is 5.97 Å². The van der Waals surface area contributed by atoms with E-state index in [0.717, 1.165) is 16.5 Å². The van der Waals surface area contributed by atoms with E-state index in [0.29, 0.717) is 19.4 Å². The summed E-state index contributed by atoms with van der Waals surface area (Å²) in [6.07, 6.45) is 1.71. The van der Waals surface area contributed by atoms with Gasteiger partial charge in [-0.3, -0.25) is 9.59 Å². The Morgan fingerprint density at radius 2 is 2.11 bits per heavy atom. The average molecular weight is 326 g/mol. The molecule has 0 spiro atoms. The first-order chi connectivity index (χ1) is 8.95. The Kier molecular flexibility index (Phi) is 3.94. The number of carboxylic acid groups (broad SMARTS) is 1. The highest BCUT2D eigenvalue weighted by atomic mass is 79.9. The minimum atomic E-state index is -1.18. The van der Waals surface area contributed by atoms with E-state index in [1.165, 1.54) is 4.90 Å². The number of hydrogen-bond donors (Lipinski definition) is 1. The van der Waals surface area contributed by atoms with E-state index in [9.17, 15) is 14.7 Å². The molecular weight excluding hydrogens is 310 g/mol. The molecule has 0 aliphatic heterocycles. The van der Waals surface area contributed by atoms with Crippen LogP contribution in [0.3, 0.4) is 0 Å². The quantitative estimate of drug-likeness (QED) is 0.866. The Morgan fingerprint density at radius 3 is 2.58 bits per heavy atom. The van der Waals surface area contributed by atoms with Gasteiger partial charge in [-0.1, -0.05) is 34.5 Å². The zero-order valence-electron chi connectivity index (χ0n) is 10.7. The second kappa shape index (κ2) is 5.33. The van der Waals surface area contributed by atoms with Crippen LogP contribution in [0.15, 0.2) is 28.7 Å². The van der Waals surface area contributed by atoms with Crippen LogP contribution in [0, 0.1) is 5.41 Å². The summed E-state index contributed by atoms with van der Waals surface area (Å²) in [6.45, 7) is 0.424. The maximum absolute atomic E-state index is 12.3. The van der Waals surface area contributed by atoms with Crippen molar-refractivity contribution in [1.82, 2.24) is 4.90 Å². The van der Waals surface area contributed by atoms with Gasteiger partial charge in [0, 0.05) is 18.1 Å². The fourth-order valence-electron chi connectivity index (χ4n) is 2.40. The molecule has 0 bridgehead atoms. The first-order valence-electron chi connectivity index (χ1n) is 6.19. The lowest BCUT2D eigenvalue weighted by atomic mass is 9.68. The van der Waals surface area contributed by atoms with Crippen molar-refractivity contribution < 1.29 is 14.7 Å². The molecule has 1 saturated carbocycles. The molecule has 102 valence electrons. The number of amides is 1. The van der Waals surface area contributed by atoms with Gasteiger partial charge in [0.25, 0.3) is 0 Å². The van der Waals surface area contributed by atoms with Crippen LogP contribution >= 0.6 is 15.9 Å². The summed E-state index contributed by atoms with van der Waals surface area (Å²) < 4.78 is 0.947. The van der Waals surface area contributed by atoms with Crippen molar-refractivity contribution in [3.8, 4) is 0 Å². The van der Waals surface area contributed by atoms with Crippen molar-refractivity contribution in [2.45, 2.75) is 25.8 Å². The number of benzene rings is 1. The van der Waals surface area contributed by atoms with Gasteiger partial charge in [-0.2, -0.15) is 0 Å². The Morgan fingerprint density at radius 1 is 1.42 bits per heavy atom. The van der Waals surface area contributed by atoms with Crippen LogP contribution in [0.25, 0.3) is 0 Å². The maximum atomic E-state index is 12.3. The number of hydrogen-bond acceptors (Lipinski definition) is 2. The fraction of sp³-hybridized carbons (Fsp3) is 0.429. The van der Waals surface area contributed by atoms with Gasteiger partial charge in [0.15, 0.2) is 0 Å². The molecule has 1 aromatic rings. The third-order valence-electron chi connectivity index (χ3n) is 3.68. The molecule has 0 aromatic heterocycles. The number of rotatable bonds is 4. The summed E-state index contributed by atoms with van der Waals surface area (Å²) in [5.74, 6) is -1.28. The predicted octanol–water partition coefficient (Wildman–Crippen LogP) is 2.66. The first kappa shape index (κ1) is 14.1. The van der Waals surface area contributed by atoms with Crippen molar-refractivity contribution >= 4 is 27.8 Å². The van der Waals surface area contributed by atoms with Crippen LogP contribution in [-0.4, -0.2) is 28.9 Å². The molecule has 2 rings (SSSR count). The molecule has 1 aromatic carbocycles. The molecule has 1 amide bonds. The van der Waals surface area contributed by atoms with Gasteiger partial charge in [-0.05, 0) is 30.5 Å². The molecule has 1 aliphatic carbocycles. The summed E-state index contributed by atoms with van der Waals surface area (Å²) in [4.78, 5) is 25.1. The number of carboxylic acids is 1. The number of carbonyl (C=O) groups excluding carboxylic acids is 1. The summed E-state index contributed by atoms with van der Waals surface area (Å²) >= 11 is 3.38. The van der Waals surface area contributed by atoms with E-state index in [1.54, 1.807) is 7.05 Å². The number of carbonyl (C=O) groups is 2. The van der Waals surface area contributed by atoms with Crippen molar-refractivity contribution in [2.24, 2.45) is 5.41 Å². The lowest BCUT2D eigenvalue weighted by Gasteiger charge is -2.38. The molecule has 0 heterocycles. The maximum Gasteiger partial charge on any atom is 0.319 e. The topological polar surface area (TPSA) is 57.6 Å². The molecule has 1 aliphatic rings. The van der Waals surface area contributed by atoms with Crippen LogP contribution in [0.4, 0.5) is 0 Å². The highest BCUT2D eigenvalue weighted by Crippen LogP contribution is 2.42. The summed E-state index contributed by atoms with van der Waals surface area (Å²) in [7, 11) is 1.66. The molecule has 5 heteroatoms. The van der Waals surface area contributed by atoms with Crippen LogP contribution in [0.5, 0.6) is 0 Å². The van der Waals surface area contributed by atoms with Gasteiger partial charge in [0.2, 0.25) is 5.91 Å². The molecule has 0 saturated heterocycles. The minimum absolute atomic E-state index is 0.286. The summed E-state index contributed by atoms with van der Waals surface area (Å²) in [6, 6.07) is 7.66. The highest BCUT2D eigenvalue weighted by Gasteiger charge is 2.52. The average Bonchev–Trinajstić information content (AvgIpc) is 2.26. The minimum Gasteiger partial charge on any atom is -0.480 e. The fourth-order valence-corrected chi connectivity index (χ4v) is 2.84. The molecule has 0 radical (unpaired) electrons. The van der Waals surface area contributed by atoms with Gasteiger partial charge in [0.1, 0.15) is 5.41 Å². The molecule has 1 fully saturated rings. The monoisotopic (exact) mass is 325 g/mol. The van der Waals surface area contributed by atoms with Crippen molar-refractivity contribution in [1.29, 1.82) is 0 Å². The standard InChI is InChI=1S/C14H16BrNO3/c1-16(9-10-4-2-5-11(15)8-10)12(17)14(13(18)19)6-3-7-14/h2,4-5,8H,3,6-7,9H2,1H3,(H,18,19). The normalized spacial score (nSPS) is 16.5. The third-order valence-corrected chi connectivity index (χ3v) is 4.17. The van der Waals surface area contributed by atoms with Crippen molar-refractivity contribution in [2.75, 3.05) is 7.05 Å². The number of aliphatic carboxylic acids is 1. The zero-order valence-corrected chi connectivity index (χ0v) is 12.3. The highest BCUT2D eigenvalue weighted by molar-refractivity contribution is 9.10. The first-order valence-corrected chi connectivity index (χ1v) is 6.98. The van der Waals surface area contributed by atoms with Gasteiger partial charge < -0.3 is 10.0 Å². The van der Waals surface area contributed by atoms with Gasteiger partial charge in [0.05, 0.1) is 0 Å². The van der Waals surface area contributed by atoms with Crippen LogP contribution in [0.2, 0.25) is 0 Å². The zero-order chi connectivity index (χ0) is 14.0. The Labute approximate surface area is 120 Å². The lowest BCUT2D eigenvalue weighted by Crippen LogP contribution is -2.51. The van der Waals surface area contributed by atoms with Crippen LogP contribution in [-0.2, 0) is 16.1 Å². The van der Waals surface area contributed by atoms with Gasteiger partial charge in [-0.15, -0.1) is 0 Å². The Bertz CT molecular complexity index is 511. The molecule has 4 nitrogen and oxygen atoms in total. The van der Waals surface area contributed by atoms with Crippen molar-refractivity contribution in [3.05, 3.63) is 34.3 Å². The van der Waals surface area contributed by atoms with Crippen molar-refractivity contribution in [3.63, 3.8) is 0 Å². The van der Waals surface area contributed by atoms with E-state index in [1.807, 2.05) is 24.3 Å². The Balaban J connectivity index is 2.09. The number of halogens is 1. The largest absolute Gasteiger partial charge is 0.480 e. The van der Waals surface area contributed by atoms with E-state index in [4.69, 9.17) is 0 Å². The smallest absolute Gasteiger partial charge is 0.319 e. The molecule has 0 atom stereocenters. The second-order valence-electron chi connectivity index (χ2n) is 5.03. The third kappa shape index (κ3) is 2.66. The molecular formula is C14H16BrNO3. The van der Waals surface area contributed by atoms with E-state index in [-0.39, 0.29) is 5.91 Å². The lowest BCUT2D eigenvalue weighted by molar-refractivity contribution is -0.167. The predicted molar refractivity (Wildman–Crippen MR) is 74.5 cm³/mol. The van der Waals surface area contributed by atoms with Crippen LogP contribution < -0.4 is 0 Å².